The van der Waals surface area contributed by atoms with Gasteiger partial charge in [0.05, 0.1) is 13.5 Å². The highest BCUT2D eigenvalue weighted by Crippen LogP contribution is 2.21. The lowest BCUT2D eigenvalue weighted by atomic mass is 10.0. The molecular weight excluding hydrogens is 296 g/mol. The molecule has 8 heteroatoms. The fraction of sp³-hybridized carbons (Fsp3) is 0.357. The maximum absolute atomic E-state index is 11.6. The van der Waals surface area contributed by atoms with Crippen LogP contribution in [0.4, 0.5) is 0 Å². The molecule has 1 atom stereocenters. The van der Waals surface area contributed by atoms with E-state index in [9.17, 15) is 24.6 Å². The molecular formula is C14H16O8. The Balaban J connectivity index is 2.67. The van der Waals surface area contributed by atoms with Crippen molar-refractivity contribution in [1.82, 2.24) is 0 Å². The highest BCUT2D eigenvalue weighted by atomic mass is 16.6. The molecule has 22 heavy (non-hydrogen) atoms. The summed E-state index contributed by atoms with van der Waals surface area (Å²) in [4.78, 5) is 33.5. The summed E-state index contributed by atoms with van der Waals surface area (Å²) in [5.74, 6) is -3.61. The molecule has 0 bridgehead atoms. The van der Waals surface area contributed by atoms with Gasteiger partial charge in [0.2, 0.25) is 6.10 Å². The van der Waals surface area contributed by atoms with E-state index in [0.717, 1.165) is 13.2 Å². The minimum Gasteiger partial charge on any atom is -0.508 e. The van der Waals surface area contributed by atoms with Gasteiger partial charge in [-0.25, -0.2) is 9.59 Å². The van der Waals surface area contributed by atoms with Gasteiger partial charge in [0.25, 0.3) is 0 Å². The van der Waals surface area contributed by atoms with Crippen molar-refractivity contribution in [2.75, 3.05) is 7.11 Å². The second kappa shape index (κ2) is 7.87. The van der Waals surface area contributed by atoms with Gasteiger partial charge in [-0.2, -0.15) is 0 Å². The summed E-state index contributed by atoms with van der Waals surface area (Å²) in [7, 11) is 1.05. The first kappa shape index (κ1) is 17.3. The van der Waals surface area contributed by atoms with Gasteiger partial charge < -0.3 is 24.8 Å². The van der Waals surface area contributed by atoms with Crippen molar-refractivity contribution >= 4 is 17.9 Å². The summed E-state index contributed by atoms with van der Waals surface area (Å²) in [5, 5.41) is 27.2. The van der Waals surface area contributed by atoms with E-state index in [1.807, 2.05) is 0 Å². The first-order valence-electron chi connectivity index (χ1n) is 6.33. The number of rotatable bonds is 6. The molecule has 1 rings (SSSR count). The van der Waals surface area contributed by atoms with Crippen molar-refractivity contribution in [2.24, 2.45) is 0 Å². The number of carboxylic acid groups (broad SMARTS) is 1. The molecule has 3 N–H and O–H groups in total. The van der Waals surface area contributed by atoms with Crippen LogP contribution in [-0.2, 0) is 23.9 Å². The molecule has 0 aromatic heterocycles. The number of allylic oxidation sites excluding steroid dienone is 4. The van der Waals surface area contributed by atoms with E-state index in [4.69, 9.17) is 9.84 Å². The van der Waals surface area contributed by atoms with E-state index in [1.165, 1.54) is 12.2 Å². The van der Waals surface area contributed by atoms with Crippen LogP contribution in [0.2, 0.25) is 0 Å². The van der Waals surface area contributed by atoms with Crippen LogP contribution in [0.1, 0.15) is 19.3 Å². The van der Waals surface area contributed by atoms with E-state index >= 15 is 0 Å². The molecule has 1 aliphatic carbocycles. The standard InChI is InChI=1S/C14H16O8/c1-21-14(20)11(7-12(17)18)22-13(19)5-3-8-2-4-9(15)10(16)6-8/h3,5-6,11,15-16H,2,4,7H2,1H3,(H,17,18)/b5-3+. The molecule has 0 fully saturated rings. The predicted molar refractivity (Wildman–Crippen MR) is 72.9 cm³/mol. The monoisotopic (exact) mass is 312 g/mol. The Morgan fingerprint density at radius 2 is 2.00 bits per heavy atom. The number of aliphatic carboxylic acids is 1. The molecule has 0 aliphatic heterocycles. The Hall–Kier alpha value is -2.77. The predicted octanol–water partition coefficient (Wildman–Crippen LogP) is 1.15. The third kappa shape index (κ3) is 5.31. The number of carbonyl (C=O) groups excluding carboxylic acids is 2. The fourth-order valence-electron chi connectivity index (χ4n) is 1.67. The quantitative estimate of drug-likeness (QED) is 0.492. The third-order valence-corrected chi connectivity index (χ3v) is 2.78. The topological polar surface area (TPSA) is 130 Å². The summed E-state index contributed by atoms with van der Waals surface area (Å²) >= 11 is 0. The zero-order chi connectivity index (χ0) is 16.7. The van der Waals surface area contributed by atoms with Crippen LogP contribution < -0.4 is 0 Å². The van der Waals surface area contributed by atoms with Crippen LogP contribution in [0.15, 0.2) is 35.3 Å². The maximum atomic E-state index is 11.6. The van der Waals surface area contributed by atoms with Crippen molar-refractivity contribution in [3.05, 3.63) is 35.3 Å². The largest absolute Gasteiger partial charge is 0.508 e. The Morgan fingerprint density at radius 3 is 2.55 bits per heavy atom. The fourth-order valence-corrected chi connectivity index (χ4v) is 1.67. The van der Waals surface area contributed by atoms with E-state index in [1.54, 1.807) is 0 Å². The Bertz CT molecular complexity index is 555. The molecule has 1 unspecified atom stereocenters. The highest BCUT2D eigenvalue weighted by molar-refractivity contribution is 5.88. The number of hydrogen-bond acceptors (Lipinski definition) is 7. The molecule has 8 nitrogen and oxygen atoms in total. The zero-order valence-electron chi connectivity index (χ0n) is 11.8. The average molecular weight is 312 g/mol. The van der Waals surface area contributed by atoms with Crippen LogP contribution in [0.3, 0.4) is 0 Å². The van der Waals surface area contributed by atoms with Gasteiger partial charge in [0, 0.05) is 12.5 Å². The minimum absolute atomic E-state index is 0.132. The summed E-state index contributed by atoms with van der Waals surface area (Å²) in [6.07, 6.45) is 2.05. The molecule has 0 amide bonds. The molecule has 0 aromatic rings. The molecule has 0 radical (unpaired) electrons. The van der Waals surface area contributed by atoms with Crippen molar-refractivity contribution in [2.45, 2.75) is 25.4 Å². The smallest absolute Gasteiger partial charge is 0.347 e. The van der Waals surface area contributed by atoms with E-state index in [0.29, 0.717) is 12.0 Å². The van der Waals surface area contributed by atoms with Crippen LogP contribution in [0.25, 0.3) is 0 Å². The van der Waals surface area contributed by atoms with Crippen LogP contribution in [-0.4, -0.2) is 46.4 Å². The minimum atomic E-state index is -1.53. The summed E-state index contributed by atoms with van der Waals surface area (Å²) in [6, 6.07) is 0. The molecule has 1 aliphatic rings. The van der Waals surface area contributed by atoms with E-state index < -0.39 is 30.4 Å². The van der Waals surface area contributed by atoms with Crippen LogP contribution in [0.5, 0.6) is 0 Å². The van der Waals surface area contributed by atoms with E-state index in [-0.39, 0.29) is 17.9 Å². The molecule has 0 saturated heterocycles. The number of ether oxygens (including phenoxy) is 2. The average Bonchev–Trinajstić information content (AvgIpc) is 2.46. The second-order valence-electron chi connectivity index (χ2n) is 4.43. The molecule has 0 saturated carbocycles. The van der Waals surface area contributed by atoms with Gasteiger partial charge >= 0.3 is 17.9 Å². The Kier molecular flexibility index (Phi) is 6.18. The van der Waals surface area contributed by atoms with Crippen LogP contribution >= 0.6 is 0 Å². The number of carboxylic acids is 1. The lowest BCUT2D eigenvalue weighted by molar-refractivity contribution is -0.166. The van der Waals surface area contributed by atoms with Gasteiger partial charge in [-0.05, 0) is 18.1 Å². The van der Waals surface area contributed by atoms with Gasteiger partial charge in [0.15, 0.2) is 5.76 Å². The van der Waals surface area contributed by atoms with Gasteiger partial charge in [-0.15, -0.1) is 0 Å². The van der Waals surface area contributed by atoms with Crippen LogP contribution in [0, 0.1) is 0 Å². The number of aliphatic hydroxyl groups is 2. The van der Waals surface area contributed by atoms with Crippen molar-refractivity contribution in [1.29, 1.82) is 0 Å². The molecule has 0 aromatic carbocycles. The summed E-state index contributed by atoms with van der Waals surface area (Å²) < 4.78 is 9.07. The SMILES string of the molecule is COC(=O)C(CC(=O)O)OC(=O)/C=C/C1=CC(O)=C(O)CC1. The summed E-state index contributed by atoms with van der Waals surface area (Å²) in [5.41, 5.74) is 0.570. The maximum Gasteiger partial charge on any atom is 0.347 e. The number of esters is 2. The number of hydrogen-bond donors (Lipinski definition) is 3. The zero-order valence-corrected chi connectivity index (χ0v) is 11.8. The van der Waals surface area contributed by atoms with E-state index in [2.05, 4.69) is 4.74 Å². The van der Waals surface area contributed by atoms with Gasteiger partial charge in [-0.3, -0.25) is 4.79 Å². The number of aliphatic hydroxyl groups excluding tert-OH is 2. The first-order chi connectivity index (χ1) is 10.3. The molecule has 0 heterocycles. The van der Waals surface area contributed by atoms with Crippen molar-refractivity contribution in [3.63, 3.8) is 0 Å². The highest BCUT2D eigenvalue weighted by Gasteiger charge is 2.26. The van der Waals surface area contributed by atoms with Crippen molar-refractivity contribution < 1.29 is 39.2 Å². The van der Waals surface area contributed by atoms with Crippen molar-refractivity contribution in [3.8, 4) is 0 Å². The molecule has 0 spiro atoms. The van der Waals surface area contributed by atoms with Gasteiger partial charge in [-0.1, -0.05) is 6.08 Å². The third-order valence-electron chi connectivity index (χ3n) is 2.78. The number of carbonyl (C=O) groups is 3. The lowest BCUT2D eigenvalue weighted by Gasteiger charge is -2.13. The molecule has 120 valence electrons. The first-order valence-corrected chi connectivity index (χ1v) is 6.33. The number of methoxy groups -OCH3 is 1. The Morgan fingerprint density at radius 1 is 1.32 bits per heavy atom. The summed E-state index contributed by atoms with van der Waals surface area (Å²) in [6.45, 7) is 0. The second-order valence-corrected chi connectivity index (χ2v) is 4.43. The Labute approximate surface area is 126 Å². The lowest BCUT2D eigenvalue weighted by Crippen LogP contribution is -2.30. The normalized spacial score (nSPS) is 16.1. The van der Waals surface area contributed by atoms with Gasteiger partial charge in [0.1, 0.15) is 5.76 Å².